The van der Waals surface area contributed by atoms with Crippen molar-refractivity contribution in [2.75, 3.05) is 18.7 Å². The molecule has 0 N–H and O–H groups in total. The first kappa shape index (κ1) is 14.7. The smallest absolute Gasteiger partial charge is 0.123 e. The van der Waals surface area contributed by atoms with E-state index in [-0.39, 0.29) is 0 Å². The molecule has 0 radical (unpaired) electrons. The number of benzene rings is 4. The highest BCUT2D eigenvalue weighted by Gasteiger charge is 2.14. The molecule has 0 aliphatic heterocycles. The summed E-state index contributed by atoms with van der Waals surface area (Å²) in [7, 11) is 1.74. The first-order chi connectivity index (χ1) is 11.9. The zero-order valence-corrected chi connectivity index (χ0v) is 13.6. The maximum Gasteiger partial charge on any atom is 0.123 e. The first-order valence-electron chi connectivity index (χ1n) is 8.10. The fourth-order valence-electron chi connectivity index (χ4n) is 3.29. The standard InChI is InChI=1S/C22H19NO/c1-24-16-23(21-14-6-10-17-8-2-4-12-19(17)21)22-15-7-11-18-9-3-5-13-20(18)22/h2-15H,16H2,1H3. The Morgan fingerprint density at radius 3 is 1.58 bits per heavy atom. The molecule has 0 fully saturated rings. The van der Waals surface area contributed by atoms with Gasteiger partial charge in [0.1, 0.15) is 6.73 Å². The lowest BCUT2D eigenvalue weighted by molar-refractivity contribution is 0.206. The molecule has 0 saturated carbocycles. The number of hydrogen-bond donors (Lipinski definition) is 0. The van der Waals surface area contributed by atoms with E-state index < -0.39 is 0 Å². The van der Waals surface area contributed by atoms with E-state index in [0.717, 1.165) is 11.4 Å². The van der Waals surface area contributed by atoms with Gasteiger partial charge in [-0.1, -0.05) is 72.8 Å². The Morgan fingerprint density at radius 1 is 0.625 bits per heavy atom. The Kier molecular flexibility index (Phi) is 3.89. The largest absolute Gasteiger partial charge is 0.364 e. The van der Waals surface area contributed by atoms with Crippen LogP contribution in [0.4, 0.5) is 11.4 Å². The highest BCUT2D eigenvalue weighted by molar-refractivity contribution is 6.01. The lowest BCUT2D eigenvalue weighted by atomic mass is 10.1. The fourth-order valence-corrected chi connectivity index (χ4v) is 3.29. The van der Waals surface area contributed by atoms with Gasteiger partial charge in [0.25, 0.3) is 0 Å². The number of nitrogens with zero attached hydrogens (tertiary/aromatic N) is 1. The molecule has 0 spiro atoms. The summed E-state index contributed by atoms with van der Waals surface area (Å²) in [6.45, 7) is 0.502. The number of hydrogen-bond acceptors (Lipinski definition) is 2. The minimum atomic E-state index is 0.502. The molecule has 2 heteroatoms. The van der Waals surface area contributed by atoms with E-state index in [9.17, 15) is 0 Å². The van der Waals surface area contributed by atoms with Crippen LogP contribution in [0.3, 0.4) is 0 Å². The molecule has 24 heavy (non-hydrogen) atoms. The van der Waals surface area contributed by atoms with Crippen molar-refractivity contribution in [2.45, 2.75) is 0 Å². The van der Waals surface area contributed by atoms with Crippen LogP contribution in [-0.2, 0) is 4.74 Å². The Bertz CT molecular complexity index is 903. The monoisotopic (exact) mass is 313 g/mol. The number of ether oxygens (including phenoxy) is 1. The molecule has 4 rings (SSSR count). The second-order valence-corrected chi connectivity index (χ2v) is 5.84. The van der Waals surface area contributed by atoms with Crippen molar-refractivity contribution in [3.05, 3.63) is 84.9 Å². The van der Waals surface area contributed by atoms with E-state index in [1.165, 1.54) is 21.5 Å². The lowest BCUT2D eigenvalue weighted by Crippen LogP contribution is -2.20. The Labute approximate surface area is 141 Å². The minimum Gasteiger partial charge on any atom is -0.364 e. The van der Waals surface area contributed by atoms with Gasteiger partial charge in [-0.05, 0) is 22.9 Å². The van der Waals surface area contributed by atoms with Crippen LogP contribution in [0.15, 0.2) is 84.9 Å². The first-order valence-corrected chi connectivity index (χ1v) is 8.10. The quantitative estimate of drug-likeness (QED) is 0.446. The SMILES string of the molecule is COCN(c1cccc2ccccc12)c1cccc2ccccc12. The van der Waals surface area contributed by atoms with E-state index in [0.29, 0.717) is 6.73 Å². The molecule has 4 aromatic carbocycles. The van der Waals surface area contributed by atoms with Crippen LogP contribution in [0, 0.1) is 0 Å². The van der Waals surface area contributed by atoms with Crippen LogP contribution >= 0.6 is 0 Å². The molecule has 0 atom stereocenters. The average Bonchev–Trinajstić information content (AvgIpc) is 2.65. The van der Waals surface area contributed by atoms with E-state index >= 15 is 0 Å². The molecular formula is C22H19NO. The van der Waals surface area contributed by atoms with E-state index in [4.69, 9.17) is 4.74 Å². The lowest BCUT2D eigenvalue weighted by Gasteiger charge is -2.27. The van der Waals surface area contributed by atoms with E-state index in [2.05, 4.69) is 89.8 Å². The summed E-state index contributed by atoms with van der Waals surface area (Å²) in [6, 6.07) is 29.7. The van der Waals surface area contributed by atoms with Gasteiger partial charge < -0.3 is 9.64 Å². The third-order valence-corrected chi connectivity index (χ3v) is 4.37. The van der Waals surface area contributed by atoms with E-state index in [1.807, 2.05) is 0 Å². The molecule has 118 valence electrons. The Balaban J connectivity index is 1.96. The van der Waals surface area contributed by atoms with Gasteiger partial charge in [-0.15, -0.1) is 0 Å². The van der Waals surface area contributed by atoms with Crippen LogP contribution in [-0.4, -0.2) is 13.8 Å². The van der Waals surface area contributed by atoms with Crippen molar-refractivity contribution in [2.24, 2.45) is 0 Å². The summed E-state index contributed by atoms with van der Waals surface area (Å²) < 4.78 is 5.54. The minimum absolute atomic E-state index is 0.502. The number of fused-ring (bicyclic) bond motifs is 2. The maximum atomic E-state index is 5.54. The highest BCUT2D eigenvalue weighted by Crippen LogP contribution is 2.36. The van der Waals surface area contributed by atoms with Crippen molar-refractivity contribution in [1.82, 2.24) is 0 Å². The molecule has 0 bridgehead atoms. The Morgan fingerprint density at radius 2 is 1.08 bits per heavy atom. The van der Waals surface area contributed by atoms with Crippen LogP contribution in [0.5, 0.6) is 0 Å². The zero-order valence-electron chi connectivity index (χ0n) is 13.6. The molecule has 0 aliphatic rings. The number of rotatable bonds is 4. The van der Waals surface area contributed by atoms with Gasteiger partial charge >= 0.3 is 0 Å². The summed E-state index contributed by atoms with van der Waals surface area (Å²) in [5, 5.41) is 4.92. The van der Waals surface area contributed by atoms with Gasteiger partial charge in [0.15, 0.2) is 0 Å². The average molecular weight is 313 g/mol. The molecule has 0 saturated heterocycles. The van der Waals surface area contributed by atoms with Crippen LogP contribution in [0.2, 0.25) is 0 Å². The predicted octanol–water partition coefficient (Wildman–Crippen LogP) is 5.74. The molecule has 0 heterocycles. The van der Waals surface area contributed by atoms with E-state index in [1.54, 1.807) is 7.11 Å². The molecule has 4 aromatic rings. The molecule has 0 aromatic heterocycles. The van der Waals surface area contributed by atoms with Gasteiger partial charge in [-0.3, -0.25) is 0 Å². The van der Waals surface area contributed by atoms with Crippen LogP contribution in [0.1, 0.15) is 0 Å². The summed E-state index contributed by atoms with van der Waals surface area (Å²) in [5.74, 6) is 0. The summed E-state index contributed by atoms with van der Waals surface area (Å²) in [4.78, 5) is 2.24. The number of anilines is 2. The topological polar surface area (TPSA) is 12.5 Å². The van der Waals surface area contributed by atoms with Crippen molar-refractivity contribution < 1.29 is 4.74 Å². The van der Waals surface area contributed by atoms with Gasteiger partial charge in [-0.25, -0.2) is 0 Å². The molecule has 0 unspecified atom stereocenters. The van der Waals surface area contributed by atoms with Crippen molar-refractivity contribution in [1.29, 1.82) is 0 Å². The van der Waals surface area contributed by atoms with Crippen molar-refractivity contribution in [3.8, 4) is 0 Å². The second kappa shape index (κ2) is 6.34. The fraction of sp³-hybridized carbons (Fsp3) is 0.0909. The molecule has 0 amide bonds. The third kappa shape index (κ3) is 2.51. The predicted molar refractivity (Wildman–Crippen MR) is 102 cm³/mol. The molecule has 0 aliphatic carbocycles. The highest BCUT2D eigenvalue weighted by atomic mass is 16.5. The summed E-state index contributed by atoms with van der Waals surface area (Å²) >= 11 is 0. The summed E-state index contributed by atoms with van der Waals surface area (Å²) in [5.41, 5.74) is 2.32. The zero-order chi connectivity index (χ0) is 16.4. The van der Waals surface area contributed by atoms with Gasteiger partial charge in [0.05, 0.1) is 11.4 Å². The van der Waals surface area contributed by atoms with Gasteiger partial charge in [-0.2, -0.15) is 0 Å². The normalized spacial score (nSPS) is 11.0. The maximum absolute atomic E-state index is 5.54. The third-order valence-electron chi connectivity index (χ3n) is 4.37. The van der Waals surface area contributed by atoms with Gasteiger partial charge in [0.2, 0.25) is 0 Å². The van der Waals surface area contributed by atoms with Crippen LogP contribution < -0.4 is 4.90 Å². The number of methoxy groups -OCH3 is 1. The van der Waals surface area contributed by atoms with Gasteiger partial charge in [0, 0.05) is 17.9 Å². The summed E-state index contributed by atoms with van der Waals surface area (Å²) in [6.07, 6.45) is 0. The van der Waals surface area contributed by atoms with Crippen molar-refractivity contribution >= 4 is 32.9 Å². The van der Waals surface area contributed by atoms with Crippen LogP contribution in [0.25, 0.3) is 21.5 Å². The molecule has 2 nitrogen and oxygen atoms in total. The second-order valence-electron chi connectivity index (χ2n) is 5.84. The van der Waals surface area contributed by atoms with Crippen molar-refractivity contribution in [3.63, 3.8) is 0 Å². The molecular weight excluding hydrogens is 294 g/mol. The Hall–Kier alpha value is -2.84.